The summed E-state index contributed by atoms with van der Waals surface area (Å²) < 4.78 is 20.4. The van der Waals surface area contributed by atoms with E-state index < -0.39 is 0 Å². The quantitative estimate of drug-likeness (QED) is 0.681. The summed E-state index contributed by atoms with van der Waals surface area (Å²) in [7, 11) is 0. The third-order valence-electron chi connectivity index (χ3n) is 2.40. The third kappa shape index (κ3) is 1.59. The van der Waals surface area contributed by atoms with Gasteiger partial charge in [-0.25, -0.2) is 9.37 Å². The van der Waals surface area contributed by atoms with E-state index in [0.717, 1.165) is 15.8 Å². The second-order valence-corrected chi connectivity index (χ2v) is 4.31. The topological polar surface area (TPSA) is 30.7 Å². The van der Waals surface area contributed by atoms with E-state index in [2.05, 4.69) is 9.36 Å². The molecule has 0 fully saturated rings. The fraction of sp³-hybridized carbons (Fsp3) is 0.0909. The number of benzene rings is 1. The van der Waals surface area contributed by atoms with Crippen LogP contribution in [0.2, 0.25) is 0 Å². The third-order valence-corrected chi connectivity index (χ3v) is 3.26. The molecule has 3 rings (SSSR count). The Bertz CT molecular complexity index is 615. The standard InChI is InChI=1S/C11H8FN3S/c12-8-1-2-11-9(5-8)10(14-16-11)6-15-4-3-13-7-15/h1-5,7H,6H2. The molecule has 0 aliphatic rings. The SMILES string of the molecule is Fc1ccc2snc(Cn3ccnc3)c2c1. The van der Waals surface area contributed by atoms with Crippen molar-refractivity contribution in [3.63, 3.8) is 0 Å². The van der Waals surface area contributed by atoms with Crippen LogP contribution in [0.3, 0.4) is 0 Å². The average molecular weight is 233 g/mol. The largest absolute Gasteiger partial charge is 0.331 e. The van der Waals surface area contributed by atoms with Crippen molar-refractivity contribution in [2.45, 2.75) is 6.54 Å². The van der Waals surface area contributed by atoms with Gasteiger partial charge in [0.05, 0.1) is 23.3 Å². The summed E-state index contributed by atoms with van der Waals surface area (Å²) in [6.07, 6.45) is 5.31. The minimum atomic E-state index is -0.223. The predicted octanol–water partition coefficient (Wildman–Crippen LogP) is 2.68. The van der Waals surface area contributed by atoms with Crippen LogP contribution in [0.25, 0.3) is 10.1 Å². The van der Waals surface area contributed by atoms with E-state index in [-0.39, 0.29) is 5.82 Å². The van der Waals surface area contributed by atoms with E-state index in [1.807, 2.05) is 10.8 Å². The maximum absolute atomic E-state index is 13.1. The van der Waals surface area contributed by atoms with Crippen LogP contribution in [0.4, 0.5) is 4.39 Å². The van der Waals surface area contributed by atoms with Crippen molar-refractivity contribution in [3.8, 4) is 0 Å². The predicted molar refractivity (Wildman–Crippen MR) is 60.9 cm³/mol. The summed E-state index contributed by atoms with van der Waals surface area (Å²) in [4.78, 5) is 3.96. The highest BCUT2D eigenvalue weighted by Gasteiger charge is 2.07. The minimum Gasteiger partial charge on any atom is -0.331 e. The molecule has 0 N–H and O–H groups in total. The Morgan fingerprint density at radius 2 is 2.31 bits per heavy atom. The zero-order chi connectivity index (χ0) is 11.0. The van der Waals surface area contributed by atoms with Crippen LogP contribution in [0.5, 0.6) is 0 Å². The normalized spacial score (nSPS) is 11.1. The maximum Gasteiger partial charge on any atom is 0.123 e. The second-order valence-electron chi connectivity index (χ2n) is 3.50. The molecule has 0 aliphatic heterocycles. The van der Waals surface area contributed by atoms with E-state index in [9.17, 15) is 4.39 Å². The molecule has 80 valence electrons. The van der Waals surface area contributed by atoms with Crippen LogP contribution in [-0.2, 0) is 6.54 Å². The second kappa shape index (κ2) is 3.68. The van der Waals surface area contributed by atoms with Crippen LogP contribution in [0, 0.1) is 5.82 Å². The molecule has 0 aliphatic carbocycles. The van der Waals surface area contributed by atoms with Crippen LogP contribution < -0.4 is 0 Å². The Morgan fingerprint density at radius 3 is 3.12 bits per heavy atom. The van der Waals surface area contributed by atoms with Crippen molar-refractivity contribution < 1.29 is 4.39 Å². The zero-order valence-electron chi connectivity index (χ0n) is 8.30. The Hall–Kier alpha value is -1.75. The van der Waals surface area contributed by atoms with Gasteiger partial charge in [0.2, 0.25) is 0 Å². The lowest BCUT2D eigenvalue weighted by atomic mass is 10.2. The lowest BCUT2D eigenvalue weighted by Crippen LogP contribution is -1.96. The molecule has 3 nitrogen and oxygen atoms in total. The van der Waals surface area contributed by atoms with Crippen molar-refractivity contribution in [3.05, 3.63) is 48.4 Å². The van der Waals surface area contributed by atoms with Gasteiger partial charge in [-0.1, -0.05) is 0 Å². The summed E-state index contributed by atoms with van der Waals surface area (Å²) in [6.45, 7) is 0.628. The number of imidazole rings is 1. The number of halogens is 1. The molecule has 0 atom stereocenters. The zero-order valence-corrected chi connectivity index (χ0v) is 9.12. The van der Waals surface area contributed by atoms with Gasteiger partial charge in [-0.15, -0.1) is 0 Å². The van der Waals surface area contributed by atoms with E-state index in [4.69, 9.17) is 0 Å². The molecular weight excluding hydrogens is 225 g/mol. The Kier molecular flexibility index (Phi) is 2.18. The lowest BCUT2D eigenvalue weighted by molar-refractivity contribution is 0.629. The highest BCUT2D eigenvalue weighted by molar-refractivity contribution is 7.13. The molecule has 0 saturated carbocycles. The van der Waals surface area contributed by atoms with E-state index in [0.29, 0.717) is 6.54 Å². The molecule has 0 unspecified atom stereocenters. The fourth-order valence-corrected chi connectivity index (χ4v) is 2.40. The molecule has 3 aromatic rings. The Balaban J connectivity index is 2.07. The van der Waals surface area contributed by atoms with Gasteiger partial charge < -0.3 is 4.57 Å². The van der Waals surface area contributed by atoms with Crippen molar-refractivity contribution in [1.82, 2.24) is 13.9 Å². The first kappa shape index (κ1) is 9.47. The maximum atomic E-state index is 13.1. The Labute approximate surface area is 95.3 Å². The number of hydrogen-bond acceptors (Lipinski definition) is 3. The van der Waals surface area contributed by atoms with Crippen molar-refractivity contribution >= 4 is 21.6 Å². The van der Waals surface area contributed by atoms with Crippen molar-refractivity contribution in [2.24, 2.45) is 0 Å². The number of hydrogen-bond donors (Lipinski definition) is 0. The van der Waals surface area contributed by atoms with Gasteiger partial charge in [0.1, 0.15) is 5.82 Å². The van der Waals surface area contributed by atoms with Crippen LogP contribution in [0.1, 0.15) is 5.69 Å². The minimum absolute atomic E-state index is 0.223. The summed E-state index contributed by atoms with van der Waals surface area (Å²) in [6, 6.07) is 4.76. The number of nitrogens with zero attached hydrogens (tertiary/aromatic N) is 3. The molecule has 2 heterocycles. The summed E-state index contributed by atoms with van der Waals surface area (Å²) in [5, 5.41) is 0.888. The number of fused-ring (bicyclic) bond motifs is 1. The first-order chi connectivity index (χ1) is 7.83. The summed E-state index contributed by atoms with van der Waals surface area (Å²) >= 11 is 1.39. The number of rotatable bonds is 2. The molecule has 16 heavy (non-hydrogen) atoms. The molecule has 0 amide bonds. The molecule has 5 heteroatoms. The molecule has 0 radical (unpaired) electrons. The number of aromatic nitrogens is 3. The van der Waals surface area contributed by atoms with Gasteiger partial charge in [0.15, 0.2) is 0 Å². The van der Waals surface area contributed by atoms with Gasteiger partial charge >= 0.3 is 0 Å². The highest BCUT2D eigenvalue weighted by Crippen LogP contribution is 2.24. The van der Waals surface area contributed by atoms with Crippen molar-refractivity contribution in [2.75, 3.05) is 0 Å². The van der Waals surface area contributed by atoms with Gasteiger partial charge in [-0.3, -0.25) is 0 Å². The molecular formula is C11H8FN3S. The average Bonchev–Trinajstić information content (AvgIpc) is 2.90. The van der Waals surface area contributed by atoms with Crippen LogP contribution >= 0.6 is 11.5 Å². The summed E-state index contributed by atoms with van der Waals surface area (Å²) in [5.74, 6) is -0.223. The smallest absolute Gasteiger partial charge is 0.123 e. The van der Waals surface area contributed by atoms with Crippen LogP contribution in [-0.4, -0.2) is 13.9 Å². The molecule has 0 spiro atoms. The fourth-order valence-electron chi connectivity index (χ4n) is 1.63. The van der Waals surface area contributed by atoms with Gasteiger partial charge in [-0.2, -0.15) is 4.37 Å². The van der Waals surface area contributed by atoms with Crippen LogP contribution in [0.15, 0.2) is 36.9 Å². The van der Waals surface area contributed by atoms with E-state index >= 15 is 0 Å². The van der Waals surface area contributed by atoms with E-state index in [1.54, 1.807) is 18.6 Å². The van der Waals surface area contributed by atoms with E-state index in [1.165, 1.54) is 23.7 Å². The highest BCUT2D eigenvalue weighted by atomic mass is 32.1. The van der Waals surface area contributed by atoms with Gasteiger partial charge in [0.25, 0.3) is 0 Å². The van der Waals surface area contributed by atoms with Gasteiger partial charge in [-0.05, 0) is 29.7 Å². The monoisotopic (exact) mass is 233 g/mol. The first-order valence-electron chi connectivity index (χ1n) is 4.82. The molecule has 0 bridgehead atoms. The summed E-state index contributed by atoms with van der Waals surface area (Å²) in [5.41, 5.74) is 0.887. The van der Waals surface area contributed by atoms with Gasteiger partial charge in [0, 0.05) is 17.8 Å². The first-order valence-corrected chi connectivity index (χ1v) is 5.60. The molecule has 2 aromatic heterocycles. The molecule has 0 saturated heterocycles. The Morgan fingerprint density at radius 1 is 1.38 bits per heavy atom. The lowest BCUT2D eigenvalue weighted by Gasteiger charge is -1.98. The molecule has 1 aromatic carbocycles. The van der Waals surface area contributed by atoms with Crippen molar-refractivity contribution in [1.29, 1.82) is 0 Å².